The van der Waals surface area contributed by atoms with Crippen LogP contribution in [-0.2, 0) is 0 Å². The lowest BCUT2D eigenvalue weighted by atomic mass is 10.4. The third kappa shape index (κ3) is 3.07. The fraction of sp³-hybridized carbons (Fsp3) is 0.600. The average molecular weight is 239 g/mol. The molecular formula is C10H17N5S. The fourth-order valence-electron chi connectivity index (χ4n) is 1.59. The van der Waals surface area contributed by atoms with Crippen molar-refractivity contribution in [2.45, 2.75) is 5.03 Å². The van der Waals surface area contributed by atoms with Gasteiger partial charge < -0.3 is 10.3 Å². The molecule has 0 radical (unpaired) electrons. The summed E-state index contributed by atoms with van der Waals surface area (Å²) in [5.74, 6) is 0.879. The lowest BCUT2D eigenvalue weighted by molar-refractivity contribution is 0.178. The Labute approximate surface area is 100 Å². The summed E-state index contributed by atoms with van der Waals surface area (Å²) in [5.41, 5.74) is 3.32. The Balaban J connectivity index is 1.93. The number of nitrogens with one attached hydrogen (secondary N) is 1. The van der Waals surface area contributed by atoms with E-state index in [1.165, 1.54) is 0 Å². The van der Waals surface area contributed by atoms with Crippen molar-refractivity contribution < 1.29 is 0 Å². The van der Waals surface area contributed by atoms with Crippen LogP contribution in [0.3, 0.4) is 0 Å². The summed E-state index contributed by atoms with van der Waals surface area (Å²) in [6, 6.07) is 1.98. The van der Waals surface area contributed by atoms with E-state index < -0.39 is 0 Å². The van der Waals surface area contributed by atoms with Crippen LogP contribution in [0.1, 0.15) is 0 Å². The number of hydrogen-bond acceptors (Lipinski definition) is 6. The van der Waals surface area contributed by atoms with Gasteiger partial charge in [-0.05, 0) is 13.3 Å². The number of piperazine rings is 1. The molecule has 0 aliphatic carbocycles. The van der Waals surface area contributed by atoms with Gasteiger partial charge in [0.2, 0.25) is 0 Å². The zero-order chi connectivity index (χ0) is 11.4. The summed E-state index contributed by atoms with van der Waals surface area (Å²) in [6.07, 6.45) is 3.62. The number of thioether (sulfide) groups is 1. The lowest BCUT2D eigenvalue weighted by Crippen LogP contribution is -2.47. The maximum atomic E-state index is 4.21. The number of anilines is 1. The SMILES string of the molecule is CSc1cc(NN2CCN(C)CC2)ncn1. The summed E-state index contributed by atoms with van der Waals surface area (Å²) in [6.45, 7) is 4.23. The van der Waals surface area contributed by atoms with E-state index in [0.717, 1.165) is 37.0 Å². The molecule has 0 bridgehead atoms. The van der Waals surface area contributed by atoms with E-state index in [4.69, 9.17) is 0 Å². The van der Waals surface area contributed by atoms with Crippen molar-refractivity contribution in [2.75, 3.05) is 44.9 Å². The molecule has 1 aromatic heterocycles. The number of hydrazine groups is 1. The van der Waals surface area contributed by atoms with Gasteiger partial charge in [0.15, 0.2) is 0 Å². The molecule has 1 aliphatic rings. The van der Waals surface area contributed by atoms with Gasteiger partial charge in [-0.25, -0.2) is 15.0 Å². The zero-order valence-corrected chi connectivity index (χ0v) is 10.5. The normalized spacial score (nSPS) is 18.6. The minimum Gasteiger partial charge on any atom is -0.304 e. The first-order valence-electron chi connectivity index (χ1n) is 5.34. The van der Waals surface area contributed by atoms with Crippen LogP contribution in [0.5, 0.6) is 0 Å². The van der Waals surface area contributed by atoms with Crippen molar-refractivity contribution >= 4 is 17.6 Å². The van der Waals surface area contributed by atoms with Gasteiger partial charge >= 0.3 is 0 Å². The molecule has 1 saturated heterocycles. The Kier molecular flexibility index (Phi) is 3.98. The number of likely N-dealkylation sites (N-methyl/N-ethyl adjacent to an activating group) is 1. The van der Waals surface area contributed by atoms with Crippen LogP contribution < -0.4 is 5.43 Å². The van der Waals surface area contributed by atoms with Crippen molar-refractivity contribution in [1.29, 1.82) is 0 Å². The Morgan fingerprint density at radius 2 is 2.00 bits per heavy atom. The molecule has 0 unspecified atom stereocenters. The average Bonchev–Trinajstić information content (AvgIpc) is 2.32. The number of aromatic nitrogens is 2. The van der Waals surface area contributed by atoms with Crippen LogP contribution >= 0.6 is 11.8 Å². The monoisotopic (exact) mass is 239 g/mol. The summed E-state index contributed by atoms with van der Waals surface area (Å²) in [4.78, 5) is 10.7. The first kappa shape index (κ1) is 11.6. The summed E-state index contributed by atoms with van der Waals surface area (Å²) < 4.78 is 0. The topological polar surface area (TPSA) is 44.3 Å². The van der Waals surface area contributed by atoms with Crippen LogP contribution in [0.2, 0.25) is 0 Å². The Morgan fingerprint density at radius 3 is 2.69 bits per heavy atom. The van der Waals surface area contributed by atoms with Gasteiger partial charge in [0.05, 0.1) is 0 Å². The highest BCUT2D eigenvalue weighted by Crippen LogP contribution is 2.14. The molecule has 1 N–H and O–H groups in total. The second-order valence-corrected chi connectivity index (χ2v) is 4.67. The maximum absolute atomic E-state index is 4.21. The standard InChI is InChI=1S/C10H17N5S/c1-14-3-5-15(6-4-14)13-9-7-10(16-2)12-8-11-9/h7-8H,3-6H2,1-2H3,(H,11,12,13). The third-order valence-corrected chi connectivity index (χ3v) is 3.27. The molecule has 2 rings (SSSR count). The highest BCUT2D eigenvalue weighted by molar-refractivity contribution is 7.98. The molecule has 0 amide bonds. The zero-order valence-electron chi connectivity index (χ0n) is 9.68. The highest BCUT2D eigenvalue weighted by atomic mass is 32.2. The fourth-order valence-corrected chi connectivity index (χ4v) is 1.97. The van der Waals surface area contributed by atoms with Crippen LogP contribution in [-0.4, -0.2) is 59.4 Å². The number of rotatable bonds is 3. The third-order valence-electron chi connectivity index (χ3n) is 2.63. The molecule has 1 aromatic rings. The van der Waals surface area contributed by atoms with Gasteiger partial charge in [0.25, 0.3) is 0 Å². The van der Waals surface area contributed by atoms with Crippen LogP contribution in [0.4, 0.5) is 5.82 Å². The molecular weight excluding hydrogens is 222 g/mol. The molecule has 1 aliphatic heterocycles. The van der Waals surface area contributed by atoms with E-state index in [9.17, 15) is 0 Å². The van der Waals surface area contributed by atoms with Gasteiger partial charge in [0.1, 0.15) is 17.2 Å². The van der Waals surface area contributed by atoms with E-state index >= 15 is 0 Å². The molecule has 5 nitrogen and oxygen atoms in total. The molecule has 0 spiro atoms. The minimum atomic E-state index is 0.879. The lowest BCUT2D eigenvalue weighted by Gasteiger charge is -2.32. The Bertz CT molecular complexity index is 338. The van der Waals surface area contributed by atoms with Gasteiger partial charge in [-0.1, -0.05) is 0 Å². The van der Waals surface area contributed by atoms with Gasteiger partial charge in [-0.2, -0.15) is 0 Å². The smallest absolute Gasteiger partial charge is 0.144 e. The maximum Gasteiger partial charge on any atom is 0.144 e. The molecule has 0 atom stereocenters. The van der Waals surface area contributed by atoms with E-state index in [-0.39, 0.29) is 0 Å². The highest BCUT2D eigenvalue weighted by Gasteiger charge is 2.13. The molecule has 0 aromatic carbocycles. The summed E-state index contributed by atoms with van der Waals surface area (Å²) in [7, 11) is 2.15. The minimum absolute atomic E-state index is 0.879. The van der Waals surface area contributed by atoms with E-state index in [1.807, 2.05) is 12.3 Å². The van der Waals surface area contributed by atoms with Crippen molar-refractivity contribution in [3.05, 3.63) is 12.4 Å². The second kappa shape index (κ2) is 5.47. The van der Waals surface area contributed by atoms with Crippen molar-refractivity contribution in [2.24, 2.45) is 0 Å². The number of hydrogen-bond donors (Lipinski definition) is 1. The van der Waals surface area contributed by atoms with E-state index in [2.05, 4.69) is 32.4 Å². The largest absolute Gasteiger partial charge is 0.304 e. The predicted molar refractivity (Wildman–Crippen MR) is 66.5 cm³/mol. The summed E-state index contributed by atoms with van der Waals surface area (Å²) in [5, 5.41) is 3.19. The molecule has 16 heavy (non-hydrogen) atoms. The molecule has 2 heterocycles. The molecule has 88 valence electrons. The van der Waals surface area contributed by atoms with Gasteiger partial charge in [-0.3, -0.25) is 0 Å². The van der Waals surface area contributed by atoms with Crippen molar-refractivity contribution in [3.63, 3.8) is 0 Å². The van der Waals surface area contributed by atoms with Crippen LogP contribution in [0.25, 0.3) is 0 Å². The van der Waals surface area contributed by atoms with E-state index in [1.54, 1.807) is 18.1 Å². The van der Waals surface area contributed by atoms with Gasteiger partial charge in [-0.15, -0.1) is 11.8 Å². The second-order valence-electron chi connectivity index (χ2n) is 3.85. The van der Waals surface area contributed by atoms with Crippen molar-refractivity contribution in [3.8, 4) is 0 Å². The quantitative estimate of drug-likeness (QED) is 0.621. The molecule has 6 heteroatoms. The number of nitrogens with zero attached hydrogens (tertiary/aromatic N) is 4. The Morgan fingerprint density at radius 1 is 1.25 bits per heavy atom. The first-order chi connectivity index (χ1) is 7.78. The van der Waals surface area contributed by atoms with E-state index in [0.29, 0.717) is 0 Å². The summed E-state index contributed by atoms with van der Waals surface area (Å²) >= 11 is 1.63. The predicted octanol–water partition coefficient (Wildman–Crippen LogP) is 0.773. The molecule has 1 fully saturated rings. The first-order valence-corrected chi connectivity index (χ1v) is 6.56. The Hall–Kier alpha value is -0.850. The van der Waals surface area contributed by atoms with Crippen LogP contribution in [0, 0.1) is 0 Å². The van der Waals surface area contributed by atoms with Crippen molar-refractivity contribution in [1.82, 2.24) is 19.9 Å². The van der Waals surface area contributed by atoms with Gasteiger partial charge in [0, 0.05) is 32.2 Å². The van der Waals surface area contributed by atoms with Crippen LogP contribution in [0.15, 0.2) is 17.4 Å². The molecule has 0 saturated carbocycles.